The van der Waals surface area contributed by atoms with Gasteiger partial charge in [0.15, 0.2) is 9.84 Å². The molecule has 0 bridgehead atoms. The van der Waals surface area contributed by atoms with E-state index in [-0.39, 0.29) is 18.1 Å². The van der Waals surface area contributed by atoms with Crippen LogP contribution < -0.4 is 0 Å². The van der Waals surface area contributed by atoms with Gasteiger partial charge in [-0.2, -0.15) is 0 Å². The van der Waals surface area contributed by atoms with Gasteiger partial charge >= 0.3 is 0 Å². The second-order valence-electron chi connectivity index (χ2n) is 3.66. The van der Waals surface area contributed by atoms with Crippen LogP contribution >= 0.6 is 0 Å². The van der Waals surface area contributed by atoms with Crippen LogP contribution in [0, 0.1) is 0 Å². The van der Waals surface area contributed by atoms with Crippen LogP contribution in [0.1, 0.15) is 19.8 Å². The summed E-state index contributed by atoms with van der Waals surface area (Å²) in [5.74, 6) is 0.421. The molecule has 0 aromatic carbocycles. The maximum atomic E-state index is 11.1. The number of hydrogen-bond acceptors (Lipinski definition) is 3. The predicted molar refractivity (Wildman–Crippen MR) is 56.8 cm³/mol. The van der Waals surface area contributed by atoms with Gasteiger partial charge in [0.05, 0.1) is 18.1 Å². The van der Waals surface area contributed by atoms with E-state index < -0.39 is 9.84 Å². The van der Waals surface area contributed by atoms with E-state index in [1.807, 2.05) is 13.0 Å². The third-order valence-corrected chi connectivity index (χ3v) is 3.72. The van der Waals surface area contributed by atoms with E-state index >= 15 is 0 Å². The number of rotatable bonds is 4. The van der Waals surface area contributed by atoms with Gasteiger partial charge in [0.1, 0.15) is 0 Å². The van der Waals surface area contributed by atoms with Gasteiger partial charge in [0.2, 0.25) is 0 Å². The lowest BCUT2D eigenvalue weighted by atomic mass is 10.1. The second-order valence-corrected chi connectivity index (χ2v) is 5.77. The molecule has 0 unspecified atom stereocenters. The number of aliphatic hydroxyl groups excluding tert-OH is 1. The van der Waals surface area contributed by atoms with E-state index in [9.17, 15) is 8.42 Å². The van der Waals surface area contributed by atoms with Crippen LogP contribution in [-0.2, 0) is 9.84 Å². The fraction of sp³-hybridized carbons (Fsp3) is 0.600. The van der Waals surface area contributed by atoms with Crippen LogP contribution in [0.15, 0.2) is 23.3 Å². The standard InChI is InChI=1S/C10H16O3S/c1-9(7-11)3-2-4-10-5-6-14(12,13)8-10/h3,5,11H,2,4,6-8H2,1H3/b9-3-. The van der Waals surface area contributed by atoms with Crippen LogP contribution in [0.2, 0.25) is 0 Å². The van der Waals surface area contributed by atoms with Gasteiger partial charge in [0, 0.05) is 0 Å². The first kappa shape index (κ1) is 11.5. The van der Waals surface area contributed by atoms with Gasteiger partial charge in [-0.05, 0) is 19.8 Å². The second kappa shape index (κ2) is 4.75. The van der Waals surface area contributed by atoms with Crippen molar-refractivity contribution in [3.8, 4) is 0 Å². The first-order valence-electron chi connectivity index (χ1n) is 4.68. The molecule has 0 aromatic heterocycles. The Morgan fingerprint density at radius 1 is 1.64 bits per heavy atom. The molecule has 1 rings (SSSR count). The molecule has 0 fully saturated rings. The van der Waals surface area contributed by atoms with Crippen molar-refractivity contribution in [3.05, 3.63) is 23.3 Å². The highest BCUT2D eigenvalue weighted by atomic mass is 32.2. The zero-order chi connectivity index (χ0) is 10.6. The van der Waals surface area contributed by atoms with Gasteiger partial charge in [0.25, 0.3) is 0 Å². The smallest absolute Gasteiger partial charge is 0.157 e. The normalized spacial score (nSPS) is 21.0. The predicted octanol–water partition coefficient (Wildman–Crippen LogP) is 1.06. The van der Waals surface area contributed by atoms with Gasteiger partial charge in [-0.15, -0.1) is 0 Å². The van der Waals surface area contributed by atoms with Gasteiger partial charge in [-0.25, -0.2) is 8.42 Å². The first-order valence-corrected chi connectivity index (χ1v) is 6.50. The van der Waals surface area contributed by atoms with E-state index in [4.69, 9.17) is 5.11 Å². The Kier molecular flexibility index (Phi) is 3.89. The number of allylic oxidation sites excluding steroid dienone is 1. The lowest BCUT2D eigenvalue weighted by Gasteiger charge is -1.98. The summed E-state index contributed by atoms with van der Waals surface area (Å²) in [4.78, 5) is 0. The molecule has 1 aliphatic rings. The summed E-state index contributed by atoms with van der Waals surface area (Å²) >= 11 is 0. The third-order valence-electron chi connectivity index (χ3n) is 2.24. The summed E-state index contributed by atoms with van der Waals surface area (Å²) in [6, 6.07) is 0. The van der Waals surface area contributed by atoms with Crippen molar-refractivity contribution in [1.82, 2.24) is 0 Å². The van der Waals surface area contributed by atoms with Crippen molar-refractivity contribution >= 4 is 9.84 Å². The maximum Gasteiger partial charge on any atom is 0.157 e. The number of sulfone groups is 1. The lowest BCUT2D eigenvalue weighted by molar-refractivity contribution is 0.331. The van der Waals surface area contributed by atoms with E-state index in [0.29, 0.717) is 0 Å². The molecule has 14 heavy (non-hydrogen) atoms. The molecule has 0 saturated carbocycles. The number of hydrogen-bond donors (Lipinski definition) is 1. The van der Waals surface area contributed by atoms with E-state index in [1.54, 1.807) is 6.08 Å². The molecule has 0 radical (unpaired) electrons. The molecule has 3 nitrogen and oxygen atoms in total. The molecule has 0 atom stereocenters. The molecule has 0 aliphatic carbocycles. The number of aliphatic hydroxyl groups is 1. The largest absolute Gasteiger partial charge is 0.392 e. The average molecular weight is 216 g/mol. The highest BCUT2D eigenvalue weighted by Gasteiger charge is 2.18. The molecule has 0 amide bonds. The summed E-state index contributed by atoms with van der Waals surface area (Å²) in [5, 5.41) is 8.73. The highest BCUT2D eigenvalue weighted by Crippen LogP contribution is 2.16. The Morgan fingerprint density at radius 2 is 2.36 bits per heavy atom. The van der Waals surface area contributed by atoms with Crippen molar-refractivity contribution in [3.63, 3.8) is 0 Å². The molecule has 1 N–H and O–H groups in total. The average Bonchev–Trinajstić information content (AvgIpc) is 2.45. The van der Waals surface area contributed by atoms with Crippen molar-refractivity contribution in [1.29, 1.82) is 0 Å². The molecular weight excluding hydrogens is 200 g/mol. The highest BCUT2D eigenvalue weighted by molar-refractivity contribution is 7.92. The topological polar surface area (TPSA) is 54.4 Å². The van der Waals surface area contributed by atoms with Gasteiger partial charge < -0.3 is 5.11 Å². The minimum atomic E-state index is -2.81. The Morgan fingerprint density at radius 3 is 2.86 bits per heavy atom. The zero-order valence-corrected chi connectivity index (χ0v) is 9.18. The summed E-state index contributed by atoms with van der Waals surface area (Å²) in [6.07, 6.45) is 5.35. The molecule has 0 aromatic rings. The molecule has 80 valence electrons. The van der Waals surface area contributed by atoms with Gasteiger partial charge in [-0.3, -0.25) is 0 Å². The fourth-order valence-corrected chi connectivity index (χ4v) is 2.82. The minimum Gasteiger partial charge on any atom is -0.392 e. The maximum absolute atomic E-state index is 11.1. The van der Waals surface area contributed by atoms with Crippen LogP contribution in [-0.4, -0.2) is 31.6 Å². The summed E-state index contributed by atoms with van der Waals surface area (Å²) in [5.41, 5.74) is 1.94. The van der Waals surface area contributed by atoms with Crippen molar-refractivity contribution in [2.75, 3.05) is 18.1 Å². The lowest BCUT2D eigenvalue weighted by Crippen LogP contribution is -2.02. The molecule has 0 spiro atoms. The summed E-state index contributed by atoms with van der Waals surface area (Å²) in [7, 11) is -2.81. The fourth-order valence-electron chi connectivity index (χ4n) is 1.39. The zero-order valence-electron chi connectivity index (χ0n) is 8.36. The van der Waals surface area contributed by atoms with Crippen molar-refractivity contribution in [2.24, 2.45) is 0 Å². The van der Waals surface area contributed by atoms with Crippen LogP contribution in [0.25, 0.3) is 0 Å². The van der Waals surface area contributed by atoms with E-state index in [2.05, 4.69) is 0 Å². The quantitative estimate of drug-likeness (QED) is 0.715. The van der Waals surface area contributed by atoms with E-state index in [0.717, 1.165) is 24.0 Å². The Balaban J connectivity index is 2.35. The Hall–Kier alpha value is -0.610. The minimum absolute atomic E-state index is 0.0807. The SMILES string of the molecule is C/C(=C/CCC1=CCS(=O)(=O)C1)CO. The molecular formula is C10H16O3S. The van der Waals surface area contributed by atoms with Crippen LogP contribution in [0.4, 0.5) is 0 Å². The molecule has 1 aliphatic heterocycles. The Bertz CT molecular complexity index is 350. The van der Waals surface area contributed by atoms with Gasteiger partial charge in [-0.1, -0.05) is 23.3 Å². The van der Waals surface area contributed by atoms with Crippen LogP contribution in [0.3, 0.4) is 0 Å². The monoisotopic (exact) mass is 216 g/mol. The molecule has 0 saturated heterocycles. The van der Waals surface area contributed by atoms with E-state index in [1.165, 1.54) is 0 Å². The summed E-state index contributed by atoms with van der Waals surface area (Å²) in [6.45, 7) is 1.94. The van der Waals surface area contributed by atoms with Crippen molar-refractivity contribution in [2.45, 2.75) is 19.8 Å². The van der Waals surface area contributed by atoms with Crippen LogP contribution in [0.5, 0.6) is 0 Å². The molecule has 4 heteroatoms. The third kappa shape index (κ3) is 3.64. The summed E-state index contributed by atoms with van der Waals surface area (Å²) < 4.78 is 22.2. The Labute approximate surface area is 85.1 Å². The first-order chi connectivity index (χ1) is 6.53. The van der Waals surface area contributed by atoms with Crippen molar-refractivity contribution < 1.29 is 13.5 Å². The molecule has 1 heterocycles.